The van der Waals surface area contributed by atoms with Crippen LogP contribution in [0.2, 0.25) is 0 Å². The van der Waals surface area contributed by atoms with E-state index in [1.807, 2.05) is 0 Å². The van der Waals surface area contributed by atoms with E-state index in [9.17, 15) is 16.8 Å². The van der Waals surface area contributed by atoms with Crippen LogP contribution in [0.1, 0.15) is 12.5 Å². The summed E-state index contributed by atoms with van der Waals surface area (Å²) in [5, 5.41) is 0. The summed E-state index contributed by atoms with van der Waals surface area (Å²) in [6, 6.07) is 4.10. The highest BCUT2D eigenvalue weighted by Crippen LogP contribution is 2.23. The molecule has 0 aliphatic carbocycles. The normalized spacial score (nSPS) is 12.6. The van der Waals surface area contributed by atoms with E-state index >= 15 is 0 Å². The van der Waals surface area contributed by atoms with E-state index in [1.54, 1.807) is 6.92 Å². The molecule has 0 saturated heterocycles. The van der Waals surface area contributed by atoms with Crippen molar-refractivity contribution in [3.05, 3.63) is 23.8 Å². The lowest BCUT2D eigenvalue weighted by Crippen LogP contribution is -2.12. The van der Waals surface area contributed by atoms with E-state index in [-0.39, 0.29) is 16.4 Å². The Bertz CT molecular complexity index is 614. The molecule has 5 nitrogen and oxygen atoms in total. The Morgan fingerprint density at radius 1 is 1.12 bits per heavy atom. The molecule has 0 spiro atoms. The molecule has 0 heterocycles. The zero-order chi connectivity index (χ0) is 13.3. The summed E-state index contributed by atoms with van der Waals surface area (Å²) < 4.78 is 51.1. The molecule has 0 aliphatic heterocycles. The molecule has 0 saturated carbocycles. The highest BCUT2D eigenvalue weighted by molar-refractivity contribution is 7.92. The molecular formula is C10H14O5S2. The van der Waals surface area contributed by atoms with E-state index in [1.165, 1.54) is 25.1 Å². The monoisotopic (exact) mass is 278 g/mol. The van der Waals surface area contributed by atoms with E-state index in [4.69, 9.17) is 0 Å². The lowest BCUT2D eigenvalue weighted by atomic mass is 10.2. The summed E-state index contributed by atoms with van der Waals surface area (Å²) in [5.74, 6) is 0. The first-order chi connectivity index (χ1) is 7.68. The van der Waals surface area contributed by atoms with Gasteiger partial charge in [0, 0.05) is 6.26 Å². The SMILES string of the molecule is CCOS(=O)(=O)c1ccc(C)cc1S(C)(=O)=O. The highest BCUT2D eigenvalue weighted by Gasteiger charge is 2.24. The average Bonchev–Trinajstić information content (AvgIpc) is 2.15. The lowest BCUT2D eigenvalue weighted by molar-refractivity contribution is 0.337. The Morgan fingerprint density at radius 2 is 1.71 bits per heavy atom. The summed E-state index contributed by atoms with van der Waals surface area (Å²) in [5.41, 5.74) is 0.667. The first-order valence-corrected chi connectivity index (χ1v) is 8.18. The first kappa shape index (κ1) is 14.1. The zero-order valence-corrected chi connectivity index (χ0v) is 11.4. The maximum Gasteiger partial charge on any atom is 0.298 e. The quantitative estimate of drug-likeness (QED) is 0.771. The Morgan fingerprint density at radius 3 is 2.18 bits per heavy atom. The molecule has 0 amide bonds. The molecule has 0 bridgehead atoms. The Kier molecular flexibility index (Phi) is 3.95. The van der Waals surface area contributed by atoms with E-state index < -0.39 is 20.0 Å². The molecule has 0 aliphatic rings. The minimum atomic E-state index is -4.02. The summed E-state index contributed by atoms with van der Waals surface area (Å²) in [6.07, 6.45) is 0.965. The standard InChI is InChI=1S/C10H14O5S2/c1-4-15-17(13,14)9-6-5-8(2)7-10(9)16(3,11)12/h5-7H,4H2,1-3H3. The van der Waals surface area contributed by atoms with Crippen molar-refractivity contribution in [2.75, 3.05) is 12.9 Å². The van der Waals surface area contributed by atoms with Crippen LogP contribution in [-0.4, -0.2) is 29.7 Å². The fraction of sp³-hybridized carbons (Fsp3) is 0.400. The van der Waals surface area contributed by atoms with Crippen LogP contribution in [0.4, 0.5) is 0 Å². The van der Waals surface area contributed by atoms with E-state index in [2.05, 4.69) is 4.18 Å². The summed E-state index contributed by atoms with van der Waals surface area (Å²) >= 11 is 0. The molecular weight excluding hydrogens is 264 g/mol. The minimum Gasteiger partial charge on any atom is -0.267 e. The summed E-state index contributed by atoms with van der Waals surface area (Å²) in [6.45, 7) is 3.16. The second kappa shape index (κ2) is 4.75. The van der Waals surface area contributed by atoms with Crippen molar-refractivity contribution < 1.29 is 21.0 Å². The van der Waals surface area contributed by atoms with E-state index in [0.717, 1.165) is 6.26 Å². The molecule has 0 unspecified atom stereocenters. The van der Waals surface area contributed by atoms with Crippen molar-refractivity contribution in [2.24, 2.45) is 0 Å². The summed E-state index contributed by atoms with van der Waals surface area (Å²) in [4.78, 5) is -0.543. The van der Waals surface area contributed by atoms with Crippen LogP contribution in [0.3, 0.4) is 0 Å². The molecule has 0 aromatic heterocycles. The fourth-order valence-electron chi connectivity index (χ4n) is 1.33. The molecule has 1 aromatic carbocycles. The number of hydrogen-bond acceptors (Lipinski definition) is 5. The molecule has 17 heavy (non-hydrogen) atoms. The van der Waals surface area contributed by atoms with Crippen molar-refractivity contribution in [2.45, 2.75) is 23.6 Å². The molecule has 0 fully saturated rings. The topological polar surface area (TPSA) is 77.5 Å². The van der Waals surface area contributed by atoms with Gasteiger partial charge in [-0.1, -0.05) is 6.07 Å². The number of hydrogen-bond donors (Lipinski definition) is 0. The maximum absolute atomic E-state index is 11.7. The second-order valence-corrected chi connectivity index (χ2v) is 7.15. The predicted octanol–water partition coefficient (Wildman–Crippen LogP) is 1.12. The van der Waals surface area contributed by atoms with Crippen LogP contribution in [0, 0.1) is 6.92 Å². The van der Waals surface area contributed by atoms with Crippen LogP contribution in [0.5, 0.6) is 0 Å². The van der Waals surface area contributed by atoms with Crippen LogP contribution < -0.4 is 0 Å². The minimum absolute atomic E-state index is 0.0423. The van der Waals surface area contributed by atoms with Crippen LogP contribution in [0.15, 0.2) is 28.0 Å². The van der Waals surface area contributed by atoms with Crippen LogP contribution >= 0.6 is 0 Å². The largest absolute Gasteiger partial charge is 0.298 e. The third kappa shape index (κ3) is 3.27. The van der Waals surface area contributed by atoms with Gasteiger partial charge in [-0.2, -0.15) is 8.42 Å². The van der Waals surface area contributed by atoms with E-state index in [0.29, 0.717) is 5.56 Å². The zero-order valence-electron chi connectivity index (χ0n) is 9.80. The van der Waals surface area contributed by atoms with Gasteiger partial charge in [0.2, 0.25) is 0 Å². The third-order valence-corrected chi connectivity index (χ3v) is 4.75. The number of aryl methyl sites for hydroxylation is 1. The van der Waals surface area contributed by atoms with Crippen molar-refractivity contribution >= 4 is 20.0 Å². The molecule has 1 aromatic rings. The molecule has 96 valence electrons. The molecule has 0 radical (unpaired) electrons. The molecule has 1 rings (SSSR count). The molecule has 7 heteroatoms. The third-order valence-electron chi connectivity index (χ3n) is 2.04. The van der Waals surface area contributed by atoms with Crippen molar-refractivity contribution in [3.8, 4) is 0 Å². The first-order valence-electron chi connectivity index (χ1n) is 4.88. The van der Waals surface area contributed by atoms with Gasteiger partial charge in [0.05, 0.1) is 11.5 Å². The van der Waals surface area contributed by atoms with Crippen molar-refractivity contribution in [3.63, 3.8) is 0 Å². The van der Waals surface area contributed by atoms with Gasteiger partial charge in [0.15, 0.2) is 9.84 Å². The maximum atomic E-state index is 11.7. The Balaban J connectivity index is 3.56. The van der Waals surface area contributed by atoms with Gasteiger partial charge in [-0.15, -0.1) is 0 Å². The van der Waals surface area contributed by atoms with Gasteiger partial charge < -0.3 is 0 Å². The lowest BCUT2D eigenvalue weighted by Gasteiger charge is -2.09. The van der Waals surface area contributed by atoms with Crippen molar-refractivity contribution in [1.29, 1.82) is 0 Å². The number of benzene rings is 1. The number of sulfone groups is 1. The predicted molar refractivity (Wildman–Crippen MR) is 63.1 cm³/mol. The summed E-state index contributed by atoms with van der Waals surface area (Å²) in [7, 11) is -7.64. The molecule has 0 N–H and O–H groups in total. The van der Waals surface area contributed by atoms with Gasteiger partial charge in [-0.3, -0.25) is 4.18 Å². The molecule has 0 atom stereocenters. The van der Waals surface area contributed by atoms with Gasteiger partial charge >= 0.3 is 0 Å². The van der Waals surface area contributed by atoms with Crippen LogP contribution in [-0.2, 0) is 24.1 Å². The highest BCUT2D eigenvalue weighted by atomic mass is 32.2. The van der Waals surface area contributed by atoms with Gasteiger partial charge in [-0.05, 0) is 31.5 Å². The smallest absolute Gasteiger partial charge is 0.267 e. The van der Waals surface area contributed by atoms with Crippen molar-refractivity contribution in [1.82, 2.24) is 0 Å². The Labute approximate surface area is 101 Å². The Hall–Kier alpha value is -0.920. The van der Waals surface area contributed by atoms with Crippen LogP contribution in [0.25, 0.3) is 0 Å². The second-order valence-electron chi connectivity index (χ2n) is 3.58. The van der Waals surface area contributed by atoms with Gasteiger partial charge in [0.1, 0.15) is 4.90 Å². The van der Waals surface area contributed by atoms with Gasteiger partial charge in [-0.25, -0.2) is 8.42 Å². The fourth-order valence-corrected chi connectivity index (χ4v) is 3.90. The van der Waals surface area contributed by atoms with Gasteiger partial charge in [0.25, 0.3) is 10.1 Å². The average molecular weight is 278 g/mol. The number of rotatable bonds is 4.